The Morgan fingerprint density at radius 1 is 0.543 bits per heavy atom. The summed E-state index contributed by atoms with van der Waals surface area (Å²) in [6.45, 7) is 13.3. The number of Topliss-reactive ketones (excluding diaryl/α,β-unsaturated/α-hetero) is 1. The first kappa shape index (κ1) is 37.4. The SMILES string of the molecule is CCN(CC)c1ccc(/C=C2/CC/C(=C/c3ccc(N(CCOCCOCCOC)CCOCCOCCOC)cc3)C2=O)cc1. The van der Waals surface area contributed by atoms with Crippen LogP contribution >= 0.6 is 0 Å². The van der Waals surface area contributed by atoms with Gasteiger partial charge in [-0.2, -0.15) is 0 Å². The predicted octanol–water partition coefficient (Wildman–Crippen LogP) is 5.53. The molecular formula is C37H54N2O7. The van der Waals surface area contributed by atoms with Crippen molar-refractivity contribution in [3.63, 3.8) is 0 Å². The molecule has 9 nitrogen and oxygen atoms in total. The zero-order valence-electron chi connectivity index (χ0n) is 28.3. The van der Waals surface area contributed by atoms with Crippen LogP contribution in [0.25, 0.3) is 12.2 Å². The lowest BCUT2D eigenvalue weighted by Crippen LogP contribution is -2.31. The molecule has 3 rings (SSSR count). The third-order valence-corrected chi connectivity index (χ3v) is 7.83. The summed E-state index contributed by atoms with van der Waals surface area (Å²) >= 11 is 0. The van der Waals surface area contributed by atoms with E-state index in [0.29, 0.717) is 66.1 Å². The van der Waals surface area contributed by atoms with Crippen LogP contribution in [0.2, 0.25) is 0 Å². The van der Waals surface area contributed by atoms with E-state index in [-0.39, 0.29) is 5.78 Å². The lowest BCUT2D eigenvalue weighted by atomic mass is 10.1. The molecule has 0 aliphatic heterocycles. The van der Waals surface area contributed by atoms with Crippen LogP contribution in [0.5, 0.6) is 0 Å². The summed E-state index contributed by atoms with van der Waals surface area (Å²) in [5.41, 5.74) is 6.10. The summed E-state index contributed by atoms with van der Waals surface area (Å²) in [5, 5.41) is 0. The maximum absolute atomic E-state index is 13.2. The first-order chi connectivity index (χ1) is 22.6. The van der Waals surface area contributed by atoms with Gasteiger partial charge < -0.3 is 38.2 Å². The Kier molecular flexibility index (Phi) is 18.3. The van der Waals surface area contributed by atoms with Gasteiger partial charge in [0.15, 0.2) is 5.78 Å². The van der Waals surface area contributed by atoms with Crippen LogP contribution in [-0.4, -0.2) is 112 Å². The second-order valence-corrected chi connectivity index (χ2v) is 10.9. The van der Waals surface area contributed by atoms with Gasteiger partial charge in [0.2, 0.25) is 0 Å². The fraction of sp³-hybridized carbons (Fsp3) is 0.541. The number of ketones is 1. The third kappa shape index (κ3) is 13.4. The minimum absolute atomic E-state index is 0.144. The van der Waals surface area contributed by atoms with Crippen molar-refractivity contribution in [1.82, 2.24) is 0 Å². The smallest absolute Gasteiger partial charge is 0.185 e. The molecule has 1 aliphatic carbocycles. The molecule has 2 aromatic carbocycles. The molecule has 9 heteroatoms. The average molecular weight is 639 g/mol. The Morgan fingerprint density at radius 2 is 0.913 bits per heavy atom. The molecule has 254 valence electrons. The summed E-state index contributed by atoms with van der Waals surface area (Å²) in [6, 6.07) is 16.8. The summed E-state index contributed by atoms with van der Waals surface area (Å²) in [4.78, 5) is 17.8. The van der Waals surface area contributed by atoms with Crippen molar-refractivity contribution in [2.75, 3.05) is 116 Å². The molecule has 0 amide bonds. The number of allylic oxidation sites excluding steroid dienone is 2. The Labute approximate surface area is 276 Å². The van der Waals surface area contributed by atoms with Gasteiger partial charge in [0.1, 0.15) is 0 Å². The number of hydrogen-bond acceptors (Lipinski definition) is 9. The van der Waals surface area contributed by atoms with Crippen molar-refractivity contribution in [3.8, 4) is 0 Å². The highest BCUT2D eigenvalue weighted by molar-refractivity contribution is 6.15. The summed E-state index contributed by atoms with van der Waals surface area (Å²) in [7, 11) is 3.32. The highest BCUT2D eigenvalue weighted by Crippen LogP contribution is 2.30. The number of anilines is 2. The van der Waals surface area contributed by atoms with Crippen LogP contribution in [0.1, 0.15) is 37.8 Å². The zero-order valence-corrected chi connectivity index (χ0v) is 28.3. The van der Waals surface area contributed by atoms with Crippen LogP contribution in [0.3, 0.4) is 0 Å². The van der Waals surface area contributed by atoms with Crippen LogP contribution in [0, 0.1) is 0 Å². The van der Waals surface area contributed by atoms with E-state index in [9.17, 15) is 4.79 Å². The molecule has 0 N–H and O–H groups in total. The molecule has 0 atom stereocenters. The Bertz CT molecular complexity index is 1160. The van der Waals surface area contributed by atoms with E-state index in [0.717, 1.165) is 67.0 Å². The largest absolute Gasteiger partial charge is 0.382 e. The van der Waals surface area contributed by atoms with E-state index in [4.69, 9.17) is 28.4 Å². The van der Waals surface area contributed by atoms with Crippen molar-refractivity contribution in [2.45, 2.75) is 26.7 Å². The topological polar surface area (TPSA) is 78.9 Å². The number of carbonyl (C=O) groups is 1. The van der Waals surface area contributed by atoms with E-state index in [2.05, 4.69) is 72.2 Å². The number of rotatable bonds is 24. The number of hydrogen-bond donors (Lipinski definition) is 0. The maximum Gasteiger partial charge on any atom is 0.185 e. The van der Waals surface area contributed by atoms with Crippen LogP contribution in [-0.2, 0) is 33.2 Å². The quantitative estimate of drug-likeness (QED) is 0.109. The van der Waals surface area contributed by atoms with E-state index in [1.54, 1.807) is 14.2 Å². The highest BCUT2D eigenvalue weighted by atomic mass is 16.5. The zero-order chi connectivity index (χ0) is 32.8. The number of carbonyl (C=O) groups excluding carboxylic acids is 1. The number of nitrogens with zero attached hydrogens (tertiary/aromatic N) is 2. The standard InChI is InChI=1S/C37H54N2O7/c1-5-38(6-2)35-13-7-31(8-14-35)29-33-11-12-34(37(33)40)30-32-9-15-36(16-10-32)39(17-19-43-25-27-45-23-21-41-3)18-20-44-26-28-46-24-22-42-4/h7-10,13-16,29-30H,5-6,11-12,17-28H2,1-4H3/b33-29-,34-30-. The molecular weight excluding hydrogens is 584 g/mol. The summed E-state index contributed by atoms with van der Waals surface area (Å²) < 4.78 is 32.6. The van der Waals surface area contributed by atoms with E-state index >= 15 is 0 Å². The molecule has 0 radical (unpaired) electrons. The molecule has 0 saturated heterocycles. The van der Waals surface area contributed by atoms with Gasteiger partial charge in [-0.1, -0.05) is 24.3 Å². The molecule has 1 fully saturated rings. The van der Waals surface area contributed by atoms with Gasteiger partial charge in [0, 0.05) is 62.9 Å². The fourth-order valence-electron chi connectivity index (χ4n) is 5.18. The molecule has 0 heterocycles. The van der Waals surface area contributed by atoms with E-state index in [1.165, 1.54) is 5.69 Å². The monoisotopic (exact) mass is 638 g/mol. The van der Waals surface area contributed by atoms with Crippen molar-refractivity contribution in [2.24, 2.45) is 0 Å². The van der Waals surface area contributed by atoms with E-state index < -0.39 is 0 Å². The minimum Gasteiger partial charge on any atom is -0.382 e. The van der Waals surface area contributed by atoms with E-state index in [1.807, 2.05) is 12.2 Å². The summed E-state index contributed by atoms with van der Waals surface area (Å²) in [5.74, 6) is 0.144. The Balaban J connectivity index is 1.56. The number of benzene rings is 2. The average Bonchev–Trinajstić information content (AvgIpc) is 3.41. The van der Waals surface area contributed by atoms with Crippen molar-refractivity contribution < 1.29 is 33.2 Å². The second-order valence-electron chi connectivity index (χ2n) is 10.9. The first-order valence-electron chi connectivity index (χ1n) is 16.5. The molecule has 0 aromatic heterocycles. The van der Waals surface area contributed by atoms with Crippen LogP contribution in [0.15, 0.2) is 59.7 Å². The molecule has 0 bridgehead atoms. The predicted molar refractivity (Wildman–Crippen MR) is 186 cm³/mol. The van der Waals surface area contributed by atoms with Crippen molar-refractivity contribution >= 4 is 29.3 Å². The van der Waals surface area contributed by atoms with Gasteiger partial charge in [-0.3, -0.25) is 4.79 Å². The van der Waals surface area contributed by atoms with Crippen LogP contribution in [0.4, 0.5) is 11.4 Å². The normalized spacial score (nSPS) is 14.9. The highest BCUT2D eigenvalue weighted by Gasteiger charge is 2.23. The molecule has 2 aromatic rings. The number of methoxy groups -OCH3 is 2. The maximum atomic E-state index is 13.2. The fourth-order valence-corrected chi connectivity index (χ4v) is 5.18. The molecule has 0 spiro atoms. The Morgan fingerprint density at radius 3 is 1.30 bits per heavy atom. The first-order valence-corrected chi connectivity index (χ1v) is 16.5. The van der Waals surface area contributed by atoms with Gasteiger partial charge in [0.25, 0.3) is 0 Å². The second kappa shape index (κ2) is 22.5. The third-order valence-electron chi connectivity index (χ3n) is 7.83. The lowest BCUT2D eigenvalue weighted by molar-refractivity contribution is -0.111. The van der Waals surface area contributed by atoms with Gasteiger partial charge in [-0.15, -0.1) is 0 Å². The Hall–Kier alpha value is -3.05. The lowest BCUT2D eigenvalue weighted by Gasteiger charge is -2.25. The van der Waals surface area contributed by atoms with Gasteiger partial charge >= 0.3 is 0 Å². The molecule has 1 saturated carbocycles. The van der Waals surface area contributed by atoms with Crippen LogP contribution < -0.4 is 9.80 Å². The molecule has 46 heavy (non-hydrogen) atoms. The van der Waals surface area contributed by atoms with Gasteiger partial charge in [0.05, 0.1) is 66.1 Å². The van der Waals surface area contributed by atoms with Gasteiger partial charge in [-0.25, -0.2) is 0 Å². The minimum atomic E-state index is 0.144. The van der Waals surface area contributed by atoms with Crippen molar-refractivity contribution in [3.05, 3.63) is 70.8 Å². The summed E-state index contributed by atoms with van der Waals surface area (Å²) in [6.07, 6.45) is 5.59. The van der Waals surface area contributed by atoms with Crippen molar-refractivity contribution in [1.29, 1.82) is 0 Å². The molecule has 1 aliphatic rings. The van der Waals surface area contributed by atoms with Gasteiger partial charge in [-0.05, 0) is 74.2 Å². The molecule has 0 unspecified atom stereocenters. The number of ether oxygens (including phenoxy) is 6.